The first-order valence-electron chi connectivity index (χ1n) is 6.52. The number of para-hydroxylation sites is 1. The van der Waals surface area contributed by atoms with Gasteiger partial charge in [-0.15, -0.1) is 0 Å². The Morgan fingerprint density at radius 2 is 1.83 bits per heavy atom. The zero-order chi connectivity index (χ0) is 12.6. The van der Waals surface area contributed by atoms with Gasteiger partial charge in [0.2, 0.25) is 0 Å². The largest absolute Gasteiger partial charge is 0.315 e. The first kappa shape index (κ1) is 12.9. The lowest BCUT2D eigenvalue weighted by molar-refractivity contribution is 0.607. The van der Waals surface area contributed by atoms with Crippen LogP contribution in [0.2, 0.25) is 0 Å². The van der Waals surface area contributed by atoms with Crippen LogP contribution >= 0.6 is 0 Å². The third-order valence-corrected chi connectivity index (χ3v) is 2.80. The molecule has 18 heavy (non-hydrogen) atoms. The van der Waals surface area contributed by atoms with Crippen molar-refractivity contribution >= 4 is 11.0 Å². The molecule has 4 heteroatoms. The molecule has 0 amide bonds. The summed E-state index contributed by atoms with van der Waals surface area (Å²) in [5.41, 5.74) is 3.16. The van der Waals surface area contributed by atoms with E-state index in [0.717, 1.165) is 37.2 Å². The number of fused-ring (bicyclic) bond motifs is 1. The number of nitrogens with zero attached hydrogens (tertiary/aromatic N) is 2. The van der Waals surface area contributed by atoms with Gasteiger partial charge in [-0.1, -0.05) is 19.1 Å². The third-order valence-electron chi connectivity index (χ3n) is 2.80. The Bertz CT molecular complexity index is 479. The van der Waals surface area contributed by atoms with Crippen LogP contribution in [0, 0.1) is 0 Å². The van der Waals surface area contributed by atoms with Crippen molar-refractivity contribution in [2.75, 3.05) is 19.6 Å². The van der Waals surface area contributed by atoms with Gasteiger partial charge in [0, 0.05) is 32.0 Å². The van der Waals surface area contributed by atoms with Crippen molar-refractivity contribution in [3.05, 3.63) is 36.2 Å². The Kier molecular flexibility index (Phi) is 5.05. The molecule has 0 fully saturated rings. The van der Waals surface area contributed by atoms with Crippen LogP contribution < -0.4 is 10.6 Å². The molecular formula is C14H20N4. The summed E-state index contributed by atoms with van der Waals surface area (Å²) in [5.74, 6) is 0. The number of hydrogen-bond acceptors (Lipinski definition) is 4. The predicted octanol–water partition coefficient (Wildman–Crippen LogP) is 1.72. The standard InChI is InChI=1S/C14H20N4/c1-2-6-15-7-8-16-11-12-4-3-5-13-14(12)18-10-9-17-13/h3-5,9-10,15-16H,2,6-8,11H2,1H3. The van der Waals surface area contributed by atoms with E-state index in [1.807, 2.05) is 12.1 Å². The summed E-state index contributed by atoms with van der Waals surface area (Å²) in [6.07, 6.45) is 4.65. The second kappa shape index (κ2) is 7.03. The highest BCUT2D eigenvalue weighted by Gasteiger charge is 2.01. The summed E-state index contributed by atoms with van der Waals surface area (Å²) in [6, 6.07) is 6.13. The van der Waals surface area contributed by atoms with Crippen LogP contribution in [-0.4, -0.2) is 29.6 Å². The van der Waals surface area contributed by atoms with Gasteiger partial charge >= 0.3 is 0 Å². The lowest BCUT2D eigenvalue weighted by Gasteiger charge is -2.07. The highest BCUT2D eigenvalue weighted by Crippen LogP contribution is 2.13. The van der Waals surface area contributed by atoms with Crippen molar-refractivity contribution < 1.29 is 0 Å². The minimum atomic E-state index is 0.837. The van der Waals surface area contributed by atoms with Crippen LogP contribution in [0.3, 0.4) is 0 Å². The van der Waals surface area contributed by atoms with Crippen molar-refractivity contribution in [2.45, 2.75) is 19.9 Å². The van der Waals surface area contributed by atoms with E-state index in [-0.39, 0.29) is 0 Å². The Hall–Kier alpha value is -1.52. The van der Waals surface area contributed by atoms with Gasteiger partial charge in [-0.25, -0.2) is 0 Å². The van der Waals surface area contributed by atoms with Crippen molar-refractivity contribution in [1.82, 2.24) is 20.6 Å². The summed E-state index contributed by atoms with van der Waals surface area (Å²) < 4.78 is 0. The molecule has 2 rings (SSSR count). The SMILES string of the molecule is CCCNCCNCc1cccc2nccnc12. The quantitative estimate of drug-likeness (QED) is 0.728. The zero-order valence-electron chi connectivity index (χ0n) is 10.8. The molecule has 0 radical (unpaired) electrons. The van der Waals surface area contributed by atoms with Crippen LogP contribution in [0.4, 0.5) is 0 Å². The monoisotopic (exact) mass is 244 g/mol. The number of aromatic nitrogens is 2. The van der Waals surface area contributed by atoms with Crippen LogP contribution in [0.25, 0.3) is 11.0 Å². The molecule has 0 saturated carbocycles. The predicted molar refractivity (Wildman–Crippen MR) is 74.4 cm³/mol. The Labute approximate surface area is 108 Å². The minimum absolute atomic E-state index is 0.837. The highest BCUT2D eigenvalue weighted by molar-refractivity contribution is 5.77. The molecule has 0 spiro atoms. The van der Waals surface area contributed by atoms with E-state index < -0.39 is 0 Å². The minimum Gasteiger partial charge on any atom is -0.315 e. The van der Waals surface area contributed by atoms with Crippen LogP contribution in [0.15, 0.2) is 30.6 Å². The average Bonchev–Trinajstić information content (AvgIpc) is 2.43. The molecule has 0 bridgehead atoms. The van der Waals surface area contributed by atoms with E-state index in [2.05, 4.69) is 33.6 Å². The fourth-order valence-electron chi connectivity index (χ4n) is 1.90. The van der Waals surface area contributed by atoms with Gasteiger partial charge in [0.1, 0.15) is 0 Å². The maximum Gasteiger partial charge on any atom is 0.0931 e. The lowest BCUT2D eigenvalue weighted by atomic mass is 10.1. The van der Waals surface area contributed by atoms with Gasteiger partial charge < -0.3 is 10.6 Å². The maximum absolute atomic E-state index is 4.39. The molecule has 2 aromatic rings. The van der Waals surface area contributed by atoms with Gasteiger partial charge in [0.05, 0.1) is 11.0 Å². The number of nitrogens with one attached hydrogen (secondary N) is 2. The second-order valence-corrected chi connectivity index (χ2v) is 4.27. The normalized spacial score (nSPS) is 10.9. The number of rotatable bonds is 7. The van der Waals surface area contributed by atoms with Crippen molar-refractivity contribution in [3.8, 4) is 0 Å². The van der Waals surface area contributed by atoms with Gasteiger partial charge in [-0.2, -0.15) is 0 Å². The molecule has 0 atom stereocenters. The number of hydrogen-bond donors (Lipinski definition) is 2. The molecule has 1 aromatic carbocycles. The van der Waals surface area contributed by atoms with Crippen LogP contribution in [-0.2, 0) is 6.54 Å². The molecule has 0 saturated heterocycles. The fourth-order valence-corrected chi connectivity index (χ4v) is 1.90. The average molecular weight is 244 g/mol. The lowest BCUT2D eigenvalue weighted by Crippen LogP contribution is -2.27. The number of benzene rings is 1. The van der Waals surface area contributed by atoms with E-state index in [0.29, 0.717) is 0 Å². The van der Waals surface area contributed by atoms with Crippen LogP contribution in [0.5, 0.6) is 0 Å². The smallest absolute Gasteiger partial charge is 0.0931 e. The van der Waals surface area contributed by atoms with Gasteiger partial charge in [-0.3, -0.25) is 9.97 Å². The second-order valence-electron chi connectivity index (χ2n) is 4.27. The molecule has 0 unspecified atom stereocenters. The summed E-state index contributed by atoms with van der Waals surface area (Å²) in [6.45, 7) is 6.07. The first-order chi connectivity index (χ1) is 8.92. The molecule has 2 N–H and O–H groups in total. The molecule has 0 aliphatic carbocycles. The van der Waals surface area contributed by atoms with Gasteiger partial charge in [0.15, 0.2) is 0 Å². The maximum atomic E-state index is 4.39. The van der Waals surface area contributed by atoms with Crippen molar-refractivity contribution in [2.24, 2.45) is 0 Å². The van der Waals surface area contributed by atoms with E-state index >= 15 is 0 Å². The third kappa shape index (κ3) is 3.48. The van der Waals surface area contributed by atoms with E-state index in [1.54, 1.807) is 12.4 Å². The Morgan fingerprint density at radius 3 is 2.72 bits per heavy atom. The summed E-state index contributed by atoms with van der Waals surface area (Å²) in [4.78, 5) is 8.70. The van der Waals surface area contributed by atoms with E-state index in [4.69, 9.17) is 0 Å². The van der Waals surface area contributed by atoms with Crippen LogP contribution in [0.1, 0.15) is 18.9 Å². The van der Waals surface area contributed by atoms with Crippen molar-refractivity contribution in [1.29, 1.82) is 0 Å². The zero-order valence-corrected chi connectivity index (χ0v) is 10.8. The van der Waals surface area contributed by atoms with E-state index in [1.165, 1.54) is 12.0 Å². The van der Waals surface area contributed by atoms with E-state index in [9.17, 15) is 0 Å². The van der Waals surface area contributed by atoms with Crippen molar-refractivity contribution in [3.63, 3.8) is 0 Å². The Balaban J connectivity index is 1.88. The Morgan fingerprint density at radius 1 is 1.00 bits per heavy atom. The first-order valence-corrected chi connectivity index (χ1v) is 6.52. The molecule has 0 aliphatic heterocycles. The van der Waals surface area contributed by atoms with Gasteiger partial charge in [-0.05, 0) is 24.6 Å². The molecule has 1 aromatic heterocycles. The summed E-state index contributed by atoms with van der Waals surface area (Å²) in [5, 5.41) is 6.79. The topological polar surface area (TPSA) is 49.8 Å². The fraction of sp³-hybridized carbons (Fsp3) is 0.429. The summed E-state index contributed by atoms with van der Waals surface area (Å²) in [7, 11) is 0. The molecule has 96 valence electrons. The molecule has 0 aliphatic rings. The van der Waals surface area contributed by atoms with Gasteiger partial charge in [0.25, 0.3) is 0 Å². The molecule has 1 heterocycles. The highest BCUT2D eigenvalue weighted by atomic mass is 14.9. The molecular weight excluding hydrogens is 224 g/mol. The summed E-state index contributed by atoms with van der Waals surface area (Å²) >= 11 is 0. The molecule has 4 nitrogen and oxygen atoms in total.